The predicted octanol–water partition coefficient (Wildman–Crippen LogP) is 2.80. The molecule has 1 heterocycles. The Labute approximate surface area is 112 Å². The first-order chi connectivity index (χ1) is 9.06. The lowest BCUT2D eigenvalue weighted by atomic mass is 10.1. The largest absolute Gasteiger partial charge is 0.491 e. The highest BCUT2D eigenvalue weighted by Gasteiger charge is 2.12. The third-order valence-electron chi connectivity index (χ3n) is 2.48. The Morgan fingerprint density at radius 1 is 1.26 bits per heavy atom. The van der Waals surface area contributed by atoms with E-state index in [-0.39, 0.29) is 11.9 Å². The van der Waals surface area contributed by atoms with Gasteiger partial charge < -0.3 is 4.74 Å². The molecule has 0 fully saturated rings. The van der Waals surface area contributed by atoms with Crippen LogP contribution in [0, 0.1) is 6.92 Å². The number of ketones is 1. The van der Waals surface area contributed by atoms with E-state index < -0.39 is 0 Å². The first kappa shape index (κ1) is 13.2. The molecule has 0 aliphatic rings. The molecule has 98 valence electrons. The number of carbonyl (C=O) groups excluding carboxylic acids is 1. The van der Waals surface area contributed by atoms with Crippen LogP contribution in [0.15, 0.2) is 36.5 Å². The fourth-order valence-electron chi connectivity index (χ4n) is 1.71. The van der Waals surface area contributed by atoms with Crippen molar-refractivity contribution in [2.24, 2.45) is 0 Å². The van der Waals surface area contributed by atoms with Gasteiger partial charge in [-0.2, -0.15) is 0 Å². The molecular weight excluding hydrogens is 240 g/mol. The monoisotopic (exact) mass is 256 g/mol. The van der Waals surface area contributed by atoms with E-state index in [9.17, 15) is 4.79 Å². The van der Waals surface area contributed by atoms with Crippen LogP contribution in [0.5, 0.6) is 5.75 Å². The molecule has 0 spiro atoms. The summed E-state index contributed by atoms with van der Waals surface area (Å²) in [4.78, 5) is 20.4. The third-order valence-corrected chi connectivity index (χ3v) is 2.48. The number of aryl methyl sites for hydroxylation is 1. The highest BCUT2D eigenvalue weighted by Crippen LogP contribution is 2.17. The summed E-state index contributed by atoms with van der Waals surface area (Å²) in [6.07, 6.45) is 1.66. The number of hydrogen-bond donors (Lipinski definition) is 0. The Bertz CT molecular complexity index is 594. The van der Waals surface area contributed by atoms with Gasteiger partial charge >= 0.3 is 0 Å². The summed E-state index contributed by atoms with van der Waals surface area (Å²) in [7, 11) is 0. The number of aromatic nitrogens is 2. The van der Waals surface area contributed by atoms with E-state index in [4.69, 9.17) is 4.74 Å². The van der Waals surface area contributed by atoms with Gasteiger partial charge in [-0.15, -0.1) is 0 Å². The Morgan fingerprint density at radius 2 is 2.05 bits per heavy atom. The quantitative estimate of drug-likeness (QED) is 0.789. The number of benzene rings is 1. The van der Waals surface area contributed by atoms with E-state index in [0.717, 1.165) is 0 Å². The lowest BCUT2D eigenvalue weighted by molar-refractivity contribution is 0.103. The van der Waals surface area contributed by atoms with Crippen LogP contribution >= 0.6 is 0 Å². The average molecular weight is 256 g/mol. The number of ether oxygens (including phenoxy) is 1. The van der Waals surface area contributed by atoms with Crippen molar-refractivity contribution in [2.45, 2.75) is 26.9 Å². The molecule has 0 unspecified atom stereocenters. The molecule has 19 heavy (non-hydrogen) atoms. The molecule has 4 heteroatoms. The minimum atomic E-state index is -0.125. The molecule has 0 aliphatic carbocycles. The lowest BCUT2D eigenvalue weighted by Crippen LogP contribution is -2.08. The molecule has 2 rings (SSSR count). The summed E-state index contributed by atoms with van der Waals surface area (Å²) >= 11 is 0. The molecule has 4 nitrogen and oxygen atoms in total. The van der Waals surface area contributed by atoms with Crippen molar-refractivity contribution in [1.82, 2.24) is 9.97 Å². The highest BCUT2D eigenvalue weighted by atomic mass is 16.5. The highest BCUT2D eigenvalue weighted by molar-refractivity contribution is 6.07. The molecule has 0 saturated carbocycles. The molecule has 0 amide bonds. The molecule has 2 aromatic rings. The predicted molar refractivity (Wildman–Crippen MR) is 72.4 cm³/mol. The third kappa shape index (κ3) is 3.37. The van der Waals surface area contributed by atoms with Crippen LogP contribution in [0.2, 0.25) is 0 Å². The number of rotatable bonds is 4. The Hall–Kier alpha value is -2.23. The van der Waals surface area contributed by atoms with Crippen molar-refractivity contribution in [2.75, 3.05) is 0 Å². The average Bonchev–Trinajstić information content (AvgIpc) is 2.37. The van der Waals surface area contributed by atoms with Gasteiger partial charge in [0.05, 0.1) is 6.10 Å². The van der Waals surface area contributed by atoms with Gasteiger partial charge in [0, 0.05) is 11.8 Å². The summed E-state index contributed by atoms with van der Waals surface area (Å²) < 4.78 is 5.58. The van der Waals surface area contributed by atoms with Crippen molar-refractivity contribution >= 4 is 5.78 Å². The van der Waals surface area contributed by atoms with Crippen molar-refractivity contribution in [3.05, 3.63) is 53.6 Å². The Balaban J connectivity index is 2.29. The standard InChI is InChI=1S/C15H16N2O2/c1-10(2)19-13-6-4-5-12(9-13)15(18)14-7-8-16-11(3)17-14/h4-10H,1-3H3. The maximum absolute atomic E-state index is 12.3. The summed E-state index contributed by atoms with van der Waals surface area (Å²) in [5.74, 6) is 1.15. The zero-order valence-corrected chi connectivity index (χ0v) is 11.3. The summed E-state index contributed by atoms with van der Waals surface area (Å²) in [5, 5.41) is 0. The summed E-state index contributed by atoms with van der Waals surface area (Å²) in [6.45, 7) is 5.65. The van der Waals surface area contributed by atoms with Crippen LogP contribution in [-0.2, 0) is 0 Å². The summed E-state index contributed by atoms with van der Waals surface area (Å²) in [6, 6.07) is 8.75. The normalized spacial score (nSPS) is 10.5. The van der Waals surface area contributed by atoms with Gasteiger partial charge in [0.25, 0.3) is 0 Å². The van der Waals surface area contributed by atoms with E-state index in [1.807, 2.05) is 19.9 Å². The lowest BCUT2D eigenvalue weighted by Gasteiger charge is -2.10. The van der Waals surface area contributed by atoms with Gasteiger partial charge in [0.15, 0.2) is 0 Å². The van der Waals surface area contributed by atoms with Gasteiger partial charge in [0.1, 0.15) is 17.3 Å². The van der Waals surface area contributed by atoms with Crippen LogP contribution in [-0.4, -0.2) is 21.9 Å². The molecule has 1 aromatic heterocycles. The van der Waals surface area contributed by atoms with Crippen molar-refractivity contribution < 1.29 is 9.53 Å². The van der Waals surface area contributed by atoms with E-state index in [1.54, 1.807) is 37.4 Å². The van der Waals surface area contributed by atoms with Gasteiger partial charge in [-0.25, -0.2) is 9.97 Å². The first-order valence-electron chi connectivity index (χ1n) is 6.17. The number of carbonyl (C=O) groups is 1. The smallest absolute Gasteiger partial charge is 0.211 e. The van der Waals surface area contributed by atoms with Gasteiger partial charge in [-0.1, -0.05) is 12.1 Å². The maximum atomic E-state index is 12.3. The topological polar surface area (TPSA) is 52.1 Å². The molecule has 0 bridgehead atoms. The molecule has 0 N–H and O–H groups in total. The van der Waals surface area contributed by atoms with Gasteiger partial charge in [0.2, 0.25) is 5.78 Å². The molecule has 0 radical (unpaired) electrons. The second kappa shape index (κ2) is 5.61. The van der Waals surface area contributed by atoms with Crippen molar-refractivity contribution in [1.29, 1.82) is 0 Å². The van der Waals surface area contributed by atoms with Crippen LogP contribution in [0.3, 0.4) is 0 Å². The zero-order valence-electron chi connectivity index (χ0n) is 11.3. The van der Waals surface area contributed by atoms with Gasteiger partial charge in [-0.05, 0) is 39.0 Å². The Morgan fingerprint density at radius 3 is 2.74 bits per heavy atom. The van der Waals surface area contributed by atoms with E-state index in [1.165, 1.54) is 0 Å². The van der Waals surface area contributed by atoms with E-state index in [2.05, 4.69) is 9.97 Å². The molecule has 0 atom stereocenters. The second-order valence-corrected chi connectivity index (χ2v) is 4.51. The zero-order chi connectivity index (χ0) is 13.8. The minimum absolute atomic E-state index is 0.0756. The maximum Gasteiger partial charge on any atom is 0.211 e. The van der Waals surface area contributed by atoms with Gasteiger partial charge in [-0.3, -0.25) is 4.79 Å². The van der Waals surface area contributed by atoms with Crippen LogP contribution in [0.1, 0.15) is 35.7 Å². The second-order valence-electron chi connectivity index (χ2n) is 4.51. The van der Waals surface area contributed by atoms with E-state index >= 15 is 0 Å². The fraction of sp³-hybridized carbons (Fsp3) is 0.267. The molecule has 1 aromatic carbocycles. The number of nitrogens with zero attached hydrogens (tertiary/aromatic N) is 2. The van der Waals surface area contributed by atoms with Crippen LogP contribution in [0.4, 0.5) is 0 Å². The van der Waals surface area contributed by atoms with Crippen LogP contribution < -0.4 is 4.74 Å². The molecule has 0 aliphatic heterocycles. The minimum Gasteiger partial charge on any atom is -0.491 e. The van der Waals surface area contributed by atoms with Crippen molar-refractivity contribution in [3.63, 3.8) is 0 Å². The SMILES string of the molecule is Cc1nccc(C(=O)c2cccc(OC(C)C)c2)n1. The Kier molecular flexibility index (Phi) is 3.90. The first-order valence-corrected chi connectivity index (χ1v) is 6.17. The van der Waals surface area contributed by atoms with Crippen LogP contribution in [0.25, 0.3) is 0 Å². The molecular formula is C15H16N2O2. The number of hydrogen-bond acceptors (Lipinski definition) is 4. The summed E-state index contributed by atoms with van der Waals surface area (Å²) in [5.41, 5.74) is 0.963. The molecule has 0 saturated heterocycles. The fourth-order valence-corrected chi connectivity index (χ4v) is 1.71. The van der Waals surface area contributed by atoms with Crippen molar-refractivity contribution in [3.8, 4) is 5.75 Å². The van der Waals surface area contributed by atoms with E-state index in [0.29, 0.717) is 22.8 Å².